The van der Waals surface area contributed by atoms with Crippen molar-refractivity contribution in [1.29, 1.82) is 0 Å². The van der Waals surface area contributed by atoms with Crippen LogP contribution in [0.4, 0.5) is 5.69 Å². The summed E-state index contributed by atoms with van der Waals surface area (Å²) in [5.74, 6) is 0. The van der Waals surface area contributed by atoms with Gasteiger partial charge in [0, 0.05) is 23.7 Å². The van der Waals surface area contributed by atoms with E-state index in [0.717, 1.165) is 12.1 Å². The first-order chi connectivity index (χ1) is 8.74. The minimum atomic E-state index is -3.95. The molecule has 0 amide bonds. The van der Waals surface area contributed by atoms with E-state index in [0.29, 0.717) is 6.42 Å². The molecule has 1 atom stereocenters. The number of nitrogens with zero attached hydrogens (tertiary/aromatic N) is 1. The van der Waals surface area contributed by atoms with Crippen molar-refractivity contribution in [2.75, 3.05) is 6.54 Å². The zero-order valence-corrected chi connectivity index (χ0v) is 11.7. The molecule has 19 heavy (non-hydrogen) atoms. The Morgan fingerprint density at radius 3 is 2.68 bits per heavy atom. The molecule has 0 aliphatic rings. The summed E-state index contributed by atoms with van der Waals surface area (Å²) in [7, 11) is -3.95. The Hall–Kier alpha value is -1.22. The van der Waals surface area contributed by atoms with Crippen LogP contribution in [-0.2, 0) is 10.0 Å². The molecule has 9 heteroatoms. The van der Waals surface area contributed by atoms with Gasteiger partial charge in [0.2, 0.25) is 10.0 Å². The molecule has 0 aromatic heterocycles. The molecule has 7 nitrogen and oxygen atoms in total. The second-order valence-corrected chi connectivity index (χ2v) is 6.20. The molecule has 106 valence electrons. The minimum absolute atomic E-state index is 0.0984. The van der Waals surface area contributed by atoms with Crippen molar-refractivity contribution in [2.24, 2.45) is 5.73 Å². The lowest BCUT2D eigenvalue weighted by atomic mass is 10.3. The van der Waals surface area contributed by atoms with Gasteiger partial charge in [-0.15, -0.1) is 0 Å². The molecule has 0 spiro atoms. The van der Waals surface area contributed by atoms with Crippen LogP contribution in [0.1, 0.15) is 13.3 Å². The summed E-state index contributed by atoms with van der Waals surface area (Å²) in [5, 5.41) is 10.9. The molecule has 1 aromatic carbocycles. The fourth-order valence-electron chi connectivity index (χ4n) is 1.36. The van der Waals surface area contributed by atoms with Crippen molar-refractivity contribution in [2.45, 2.75) is 24.3 Å². The van der Waals surface area contributed by atoms with Gasteiger partial charge in [0.15, 0.2) is 4.90 Å². The molecular weight excluding hydrogens is 294 g/mol. The maximum absolute atomic E-state index is 12.0. The molecule has 0 fully saturated rings. The van der Waals surface area contributed by atoms with Crippen LogP contribution in [-0.4, -0.2) is 25.9 Å². The lowest BCUT2D eigenvalue weighted by molar-refractivity contribution is -0.387. The third kappa shape index (κ3) is 4.43. The highest BCUT2D eigenvalue weighted by Crippen LogP contribution is 2.26. The molecule has 0 radical (unpaired) electrons. The number of hydrogen-bond acceptors (Lipinski definition) is 5. The average Bonchev–Trinajstić information content (AvgIpc) is 2.27. The summed E-state index contributed by atoms with van der Waals surface area (Å²) < 4.78 is 26.2. The van der Waals surface area contributed by atoms with Crippen LogP contribution >= 0.6 is 11.6 Å². The normalized spacial score (nSPS) is 13.2. The van der Waals surface area contributed by atoms with Gasteiger partial charge in [-0.25, -0.2) is 13.1 Å². The molecule has 3 N–H and O–H groups in total. The van der Waals surface area contributed by atoms with Crippen LogP contribution in [0.2, 0.25) is 5.02 Å². The number of nitrogens with two attached hydrogens (primary N) is 1. The van der Waals surface area contributed by atoms with Crippen LogP contribution in [0.5, 0.6) is 0 Å². The van der Waals surface area contributed by atoms with Crippen molar-refractivity contribution in [3.63, 3.8) is 0 Å². The van der Waals surface area contributed by atoms with E-state index < -0.39 is 25.5 Å². The summed E-state index contributed by atoms with van der Waals surface area (Å²) in [5.41, 5.74) is 4.94. The zero-order chi connectivity index (χ0) is 14.6. The molecule has 0 saturated carbocycles. The minimum Gasteiger partial charge on any atom is -0.328 e. The second-order valence-electron chi connectivity index (χ2n) is 4.03. The predicted octanol–water partition coefficient (Wildman–Crippen LogP) is 1.26. The van der Waals surface area contributed by atoms with Crippen LogP contribution in [0.25, 0.3) is 0 Å². The Bertz CT molecular complexity index is 574. The van der Waals surface area contributed by atoms with Crippen LogP contribution in [0.3, 0.4) is 0 Å². The van der Waals surface area contributed by atoms with Gasteiger partial charge >= 0.3 is 0 Å². The SMILES string of the molecule is CC(N)CCNS(=O)(=O)c1ccc(Cl)cc1[N+](=O)[O-]. The van der Waals surface area contributed by atoms with E-state index in [9.17, 15) is 18.5 Å². The summed E-state index contributed by atoms with van der Waals surface area (Å²) in [4.78, 5) is 9.64. The Labute approximate surface area is 115 Å². The number of nitro benzene ring substituents is 1. The van der Waals surface area contributed by atoms with Crippen molar-refractivity contribution in [1.82, 2.24) is 4.72 Å². The van der Waals surface area contributed by atoms with E-state index in [2.05, 4.69) is 4.72 Å². The first-order valence-electron chi connectivity index (χ1n) is 5.43. The van der Waals surface area contributed by atoms with Crippen molar-refractivity contribution < 1.29 is 13.3 Å². The summed E-state index contributed by atoms with van der Waals surface area (Å²) in [6.45, 7) is 1.85. The molecule has 0 bridgehead atoms. The standard InChI is InChI=1S/C10H14ClN3O4S/c1-7(12)4-5-13-19(17,18)10-3-2-8(11)6-9(10)14(15)16/h2-3,6-7,13H,4-5,12H2,1H3. The van der Waals surface area contributed by atoms with Gasteiger partial charge in [-0.1, -0.05) is 11.6 Å². The van der Waals surface area contributed by atoms with E-state index in [-0.39, 0.29) is 17.6 Å². The van der Waals surface area contributed by atoms with Crippen molar-refractivity contribution in [3.8, 4) is 0 Å². The monoisotopic (exact) mass is 307 g/mol. The molecule has 1 rings (SSSR count). The van der Waals surface area contributed by atoms with Gasteiger partial charge in [0.1, 0.15) is 0 Å². The van der Waals surface area contributed by atoms with Gasteiger partial charge in [-0.05, 0) is 25.5 Å². The lowest BCUT2D eigenvalue weighted by Gasteiger charge is -2.08. The van der Waals surface area contributed by atoms with E-state index in [1.165, 1.54) is 6.07 Å². The maximum Gasteiger partial charge on any atom is 0.290 e. The largest absolute Gasteiger partial charge is 0.328 e. The number of nitrogens with one attached hydrogen (secondary N) is 1. The topological polar surface area (TPSA) is 115 Å². The molecule has 0 heterocycles. The zero-order valence-electron chi connectivity index (χ0n) is 10.2. The lowest BCUT2D eigenvalue weighted by Crippen LogP contribution is -2.29. The molecule has 0 aliphatic heterocycles. The smallest absolute Gasteiger partial charge is 0.290 e. The van der Waals surface area contributed by atoms with Crippen molar-refractivity contribution in [3.05, 3.63) is 33.3 Å². The molecule has 0 saturated heterocycles. The maximum atomic E-state index is 12.0. The first-order valence-corrected chi connectivity index (χ1v) is 7.29. The van der Waals surface area contributed by atoms with Crippen LogP contribution in [0.15, 0.2) is 23.1 Å². The van der Waals surface area contributed by atoms with Crippen molar-refractivity contribution >= 4 is 27.3 Å². The van der Waals surface area contributed by atoms with E-state index in [1.807, 2.05) is 0 Å². The average molecular weight is 308 g/mol. The van der Waals surface area contributed by atoms with E-state index >= 15 is 0 Å². The Morgan fingerprint density at radius 1 is 1.53 bits per heavy atom. The highest BCUT2D eigenvalue weighted by Gasteiger charge is 2.25. The summed E-state index contributed by atoms with van der Waals surface area (Å²) >= 11 is 5.62. The third-order valence-corrected chi connectivity index (χ3v) is 4.04. The van der Waals surface area contributed by atoms with E-state index in [1.54, 1.807) is 6.92 Å². The Balaban J connectivity index is 3.04. The van der Waals surface area contributed by atoms with Crippen LogP contribution < -0.4 is 10.5 Å². The Morgan fingerprint density at radius 2 is 2.16 bits per heavy atom. The van der Waals surface area contributed by atoms with Gasteiger partial charge in [0.25, 0.3) is 5.69 Å². The molecular formula is C10H14ClN3O4S. The second kappa shape index (κ2) is 6.29. The number of benzene rings is 1. The quantitative estimate of drug-likeness (QED) is 0.606. The number of nitro groups is 1. The summed E-state index contributed by atoms with van der Waals surface area (Å²) in [6, 6.07) is 3.23. The number of rotatable bonds is 6. The van der Waals surface area contributed by atoms with E-state index in [4.69, 9.17) is 17.3 Å². The van der Waals surface area contributed by atoms with Gasteiger partial charge < -0.3 is 5.73 Å². The Kier molecular flexibility index (Phi) is 5.24. The first kappa shape index (κ1) is 15.8. The number of halogens is 1. The molecule has 1 aromatic rings. The predicted molar refractivity (Wildman–Crippen MR) is 71.6 cm³/mol. The fourth-order valence-corrected chi connectivity index (χ4v) is 2.72. The number of sulfonamides is 1. The highest BCUT2D eigenvalue weighted by molar-refractivity contribution is 7.89. The van der Waals surface area contributed by atoms with Gasteiger partial charge in [-0.2, -0.15) is 0 Å². The van der Waals surface area contributed by atoms with Gasteiger partial charge in [-0.3, -0.25) is 10.1 Å². The molecule has 1 unspecified atom stereocenters. The highest BCUT2D eigenvalue weighted by atomic mass is 35.5. The number of hydrogen-bond donors (Lipinski definition) is 2. The van der Waals surface area contributed by atoms with Gasteiger partial charge in [0.05, 0.1) is 4.92 Å². The summed E-state index contributed by atoms with van der Waals surface area (Å²) in [6.07, 6.45) is 0.431. The third-order valence-electron chi connectivity index (χ3n) is 2.30. The fraction of sp³-hybridized carbons (Fsp3) is 0.400. The van der Waals surface area contributed by atoms with Crippen LogP contribution in [0, 0.1) is 10.1 Å². The molecule has 0 aliphatic carbocycles.